The number of rotatable bonds is 4. The van der Waals surface area contributed by atoms with Gasteiger partial charge in [-0.1, -0.05) is 11.6 Å². The van der Waals surface area contributed by atoms with Crippen molar-refractivity contribution in [2.75, 3.05) is 14.2 Å². The van der Waals surface area contributed by atoms with Gasteiger partial charge < -0.3 is 14.8 Å². The fourth-order valence-corrected chi connectivity index (χ4v) is 3.24. The number of thioether (sulfide) groups is 1. The Hall–Kier alpha value is -2.51. The SMILES string of the molecule is COc1ccc(/C=C2\SC(=Nc3ccc(F)c(Cl)c3)NC2=O)c(OC)c1. The molecule has 1 aliphatic rings. The number of carbonyl (C=O) groups excluding carboxylic acids is 1. The van der Waals surface area contributed by atoms with Crippen LogP contribution in [0.1, 0.15) is 5.56 Å². The quantitative estimate of drug-likeness (QED) is 0.784. The lowest BCUT2D eigenvalue weighted by atomic mass is 10.1. The molecule has 8 heteroatoms. The number of hydrogen-bond donors (Lipinski definition) is 1. The van der Waals surface area contributed by atoms with E-state index >= 15 is 0 Å². The van der Waals surface area contributed by atoms with E-state index < -0.39 is 5.82 Å². The predicted octanol–water partition coefficient (Wildman–Crippen LogP) is 4.39. The summed E-state index contributed by atoms with van der Waals surface area (Å²) in [5, 5.41) is 3.03. The van der Waals surface area contributed by atoms with E-state index in [-0.39, 0.29) is 10.9 Å². The Labute approximate surface area is 158 Å². The first-order valence-electron chi connectivity index (χ1n) is 7.47. The third-order valence-corrected chi connectivity index (χ3v) is 4.71. The van der Waals surface area contributed by atoms with Crippen LogP contribution in [-0.2, 0) is 4.79 Å². The number of methoxy groups -OCH3 is 2. The molecule has 0 saturated carbocycles. The fraction of sp³-hybridized carbons (Fsp3) is 0.111. The van der Waals surface area contributed by atoms with Crippen molar-refractivity contribution in [3.05, 3.63) is 57.7 Å². The van der Waals surface area contributed by atoms with Crippen LogP contribution in [0.25, 0.3) is 6.08 Å². The summed E-state index contributed by atoms with van der Waals surface area (Å²) in [6.45, 7) is 0. The molecule has 1 heterocycles. The van der Waals surface area contributed by atoms with Gasteiger partial charge in [0.25, 0.3) is 5.91 Å². The molecular weight excluding hydrogens is 379 g/mol. The van der Waals surface area contributed by atoms with Crippen molar-refractivity contribution in [2.24, 2.45) is 4.99 Å². The van der Waals surface area contributed by atoms with Crippen LogP contribution in [0.2, 0.25) is 5.02 Å². The first-order chi connectivity index (χ1) is 12.5. The van der Waals surface area contributed by atoms with Crippen LogP contribution in [0.15, 0.2) is 46.3 Å². The van der Waals surface area contributed by atoms with Gasteiger partial charge in [-0.2, -0.15) is 0 Å². The monoisotopic (exact) mass is 392 g/mol. The van der Waals surface area contributed by atoms with Gasteiger partial charge >= 0.3 is 0 Å². The second kappa shape index (κ2) is 7.80. The maximum atomic E-state index is 13.2. The molecule has 0 aliphatic carbocycles. The smallest absolute Gasteiger partial charge is 0.264 e. The lowest BCUT2D eigenvalue weighted by Gasteiger charge is -2.07. The van der Waals surface area contributed by atoms with Crippen molar-refractivity contribution in [3.63, 3.8) is 0 Å². The highest BCUT2D eigenvalue weighted by atomic mass is 35.5. The van der Waals surface area contributed by atoms with Crippen LogP contribution in [0.5, 0.6) is 11.5 Å². The maximum Gasteiger partial charge on any atom is 0.264 e. The van der Waals surface area contributed by atoms with Crippen molar-refractivity contribution >= 4 is 46.2 Å². The van der Waals surface area contributed by atoms with Crippen LogP contribution in [0, 0.1) is 5.82 Å². The van der Waals surface area contributed by atoms with Crippen LogP contribution in [0.3, 0.4) is 0 Å². The second-order valence-corrected chi connectivity index (χ2v) is 6.63. The Bertz CT molecular complexity index is 931. The summed E-state index contributed by atoms with van der Waals surface area (Å²) in [5.74, 6) is 0.440. The molecule has 1 aliphatic heterocycles. The molecule has 0 atom stereocenters. The average Bonchev–Trinajstić information content (AvgIpc) is 2.97. The van der Waals surface area contributed by atoms with Crippen molar-refractivity contribution in [2.45, 2.75) is 0 Å². The summed E-state index contributed by atoms with van der Waals surface area (Å²) < 4.78 is 23.7. The van der Waals surface area contributed by atoms with Gasteiger partial charge in [-0.25, -0.2) is 9.38 Å². The van der Waals surface area contributed by atoms with Crippen molar-refractivity contribution in [1.29, 1.82) is 0 Å². The lowest BCUT2D eigenvalue weighted by molar-refractivity contribution is -0.115. The second-order valence-electron chi connectivity index (χ2n) is 5.19. The molecule has 26 heavy (non-hydrogen) atoms. The molecule has 2 aromatic carbocycles. The Morgan fingerprint density at radius 2 is 2.00 bits per heavy atom. The van der Waals surface area contributed by atoms with E-state index in [1.807, 2.05) is 0 Å². The zero-order valence-electron chi connectivity index (χ0n) is 13.9. The molecule has 2 aromatic rings. The number of carbonyl (C=O) groups is 1. The highest BCUT2D eigenvalue weighted by Crippen LogP contribution is 2.32. The summed E-state index contributed by atoms with van der Waals surface area (Å²) in [6, 6.07) is 9.41. The molecule has 0 bridgehead atoms. The average molecular weight is 393 g/mol. The third kappa shape index (κ3) is 4.00. The van der Waals surface area contributed by atoms with Crippen molar-refractivity contribution in [1.82, 2.24) is 5.32 Å². The molecule has 134 valence electrons. The minimum atomic E-state index is -0.522. The molecule has 0 radical (unpaired) electrons. The molecule has 0 unspecified atom stereocenters. The maximum absolute atomic E-state index is 13.2. The lowest BCUT2D eigenvalue weighted by Crippen LogP contribution is -2.19. The number of ether oxygens (including phenoxy) is 2. The van der Waals surface area contributed by atoms with Gasteiger partial charge in [-0.3, -0.25) is 4.79 Å². The summed E-state index contributed by atoms with van der Waals surface area (Å²) in [7, 11) is 3.11. The molecule has 0 aromatic heterocycles. The highest BCUT2D eigenvalue weighted by Gasteiger charge is 2.24. The molecule has 0 spiro atoms. The summed E-state index contributed by atoms with van der Waals surface area (Å²) in [5.41, 5.74) is 1.18. The number of amidine groups is 1. The Morgan fingerprint density at radius 1 is 1.19 bits per heavy atom. The zero-order valence-corrected chi connectivity index (χ0v) is 15.5. The van der Waals surface area contributed by atoms with Crippen LogP contribution < -0.4 is 14.8 Å². The third-order valence-electron chi connectivity index (χ3n) is 3.51. The van der Waals surface area contributed by atoms with Gasteiger partial charge in [-0.15, -0.1) is 0 Å². The summed E-state index contributed by atoms with van der Waals surface area (Å²) >= 11 is 6.92. The Kier molecular flexibility index (Phi) is 5.49. The van der Waals surface area contributed by atoms with Gasteiger partial charge in [0.15, 0.2) is 5.17 Å². The van der Waals surface area contributed by atoms with Gasteiger partial charge in [0, 0.05) is 11.6 Å². The molecule has 1 saturated heterocycles. The number of benzene rings is 2. The van der Waals surface area contributed by atoms with E-state index in [1.165, 1.54) is 30.0 Å². The molecule has 1 fully saturated rings. The minimum absolute atomic E-state index is 0.0279. The Morgan fingerprint density at radius 3 is 2.69 bits per heavy atom. The van der Waals surface area contributed by atoms with E-state index in [2.05, 4.69) is 10.3 Å². The first kappa shape index (κ1) is 18.3. The normalized spacial score (nSPS) is 16.8. The van der Waals surface area contributed by atoms with Crippen LogP contribution in [0.4, 0.5) is 10.1 Å². The molecule has 1 N–H and O–H groups in total. The summed E-state index contributed by atoms with van der Waals surface area (Å²) in [6.07, 6.45) is 1.71. The standard InChI is InChI=1S/C18H14ClFN2O3S/c1-24-12-5-3-10(15(9-12)25-2)7-16-17(23)22-18(26-16)21-11-4-6-14(20)13(19)8-11/h3-9H,1-2H3,(H,21,22,23)/b16-7-. The predicted molar refractivity (Wildman–Crippen MR) is 102 cm³/mol. The minimum Gasteiger partial charge on any atom is -0.497 e. The van der Waals surface area contributed by atoms with Gasteiger partial charge in [0.1, 0.15) is 17.3 Å². The number of nitrogens with one attached hydrogen (secondary N) is 1. The largest absolute Gasteiger partial charge is 0.497 e. The Balaban J connectivity index is 1.86. The van der Waals surface area contributed by atoms with Crippen molar-refractivity contribution < 1.29 is 18.7 Å². The first-order valence-corrected chi connectivity index (χ1v) is 8.66. The van der Waals surface area contributed by atoms with Crippen LogP contribution >= 0.6 is 23.4 Å². The number of aliphatic imine (C=N–C) groups is 1. The topological polar surface area (TPSA) is 59.9 Å². The molecule has 3 rings (SSSR count). The van der Waals surface area contributed by atoms with E-state index in [0.717, 1.165) is 5.56 Å². The van der Waals surface area contributed by atoms with E-state index in [0.29, 0.717) is 27.3 Å². The summed E-state index contributed by atoms with van der Waals surface area (Å²) in [4.78, 5) is 16.9. The molecule has 5 nitrogen and oxygen atoms in total. The molecule has 1 amide bonds. The number of nitrogens with zero attached hydrogens (tertiary/aromatic N) is 1. The van der Waals surface area contributed by atoms with Gasteiger partial charge in [0.2, 0.25) is 0 Å². The zero-order chi connectivity index (χ0) is 18.7. The van der Waals surface area contributed by atoms with Crippen LogP contribution in [-0.4, -0.2) is 25.3 Å². The van der Waals surface area contributed by atoms with E-state index in [1.54, 1.807) is 38.5 Å². The molecular formula is C18H14ClFN2O3S. The highest BCUT2D eigenvalue weighted by molar-refractivity contribution is 8.18. The van der Waals surface area contributed by atoms with E-state index in [4.69, 9.17) is 21.1 Å². The van der Waals surface area contributed by atoms with E-state index in [9.17, 15) is 9.18 Å². The van der Waals surface area contributed by atoms with Gasteiger partial charge in [-0.05, 0) is 48.2 Å². The number of halogens is 2. The van der Waals surface area contributed by atoms with Gasteiger partial charge in [0.05, 0.1) is 29.8 Å². The number of amides is 1. The van der Waals surface area contributed by atoms with Crippen molar-refractivity contribution in [3.8, 4) is 11.5 Å². The number of hydrogen-bond acceptors (Lipinski definition) is 5. The fourth-order valence-electron chi connectivity index (χ4n) is 2.23.